The fourth-order valence-electron chi connectivity index (χ4n) is 2.62. The quantitative estimate of drug-likeness (QED) is 0.721. The van der Waals surface area contributed by atoms with Gasteiger partial charge in [0.15, 0.2) is 0 Å². The van der Waals surface area contributed by atoms with E-state index in [9.17, 15) is 5.11 Å². The van der Waals surface area contributed by atoms with Crippen LogP contribution in [0.15, 0.2) is 67.3 Å². The smallest absolute Gasteiger partial charge is 0.118 e. The first kappa shape index (κ1) is 17.3. The van der Waals surface area contributed by atoms with Crippen molar-refractivity contribution in [2.24, 2.45) is 0 Å². The fraction of sp³-hybridized carbons (Fsp3) is 0.300. The maximum Gasteiger partial charge on any atom is 0.118 e. The van der Waals surface area contributed by atoms with Crippen LogP contribution in [0, 0.1) is 0 Å². The first-order valence-corrected chi connectivity index (χ1v) is 7.89. The van der Waals surface area contributed by atoms with E-state index in [2.05, 4.69) is 23.6 Å². The maximum absolute atomic E-state index is 10.4. The molecule has 1 atom stereocenters. The Hall–Kier alpha value is -2.10. The summed E-state index contributed by atoms with van der Waals surface area (Å²) in [6, 6.07) is 18.1. The minimum atomic E-state index is -0.393. The van der Waals surface area contributed by atoms with E-state index in [0.717, 1.165) is 24.4 Å². The summed E-state index contributed by atoms with van der Waals surface area (Å²) in [6.07, 6.45) is 2.14. The minimum Gasteiger partial charge on any atom is -0.497 e. The van der Waals surface area contributed by atoms with Gasteiger partial charge in [0, 0.05) is 19.6 Å². The van der Waals surface area contributed by atoms with E-state index >= 15 is 0 Å². The van der Waals surface area contributed by atoms with Crippen LogP contribution in [0.5, 0.6) is 5.75 Å². The number of rotatable bonds is 9. The fourth-order valence-corrected chi connectivity index (χ4v) is 2.62. The standard InChI is InChI=1S/C20H25NO2/c1-3-13-21(15-18-9-11-20(23-2)12-10-18)16-19(22)14-17-7-5-4-6-8-17/h3-12,19,22H,1,13-16H2,2H3. The molecule has 0 aliphatic rings. The summed E-state index contributed by atoms with van der Waals surface area (Å²) in [7, 11) is 1.67. The van der Waals surface area contributed by atoms with E-state index in [-0.39, 0.29) is 0 Å². The van der Waals surface area contributed by atoms with Crippen LogP contribution in [0.4, 0.5) is 0 Å². The van der Waals surface area contributed by atoms with Gasteiger partial charge in [0.05, 0.1) is 13.2 Å². The van der Waals surface area contributed by atoms with E-state index in [1.165, 1.54) is 5.56 Å². The molecule has 0 aromatic heterocycles. The van der Waals surface area contributed by atoms with E-state index in [1.807, 2.05) is 48.5 Å². The zero-order chi connectivity index (χ0) is 16.5. The highest BCUT2D eigenvalue weighted by Gasteiger charge is 2.12. The predicted molar refractivity (Wildman–Crippen MR) is 94.6 cm³/mol. The summed E-state index contributed by atoms with van der Waals surface area (Å²) < 4.78 is 5.18. The lowest BCUT2D eigenvalue weighted by Gasteiger charge is -2.24. The molecule has 0 radical (unpaired) electrons. The Morgan fingerprint density at radius 1 is 1.09 bits per heavy atom. The molecule has 3 heteroatoms. The largest absolute Gasteiger partial charge is 0.497 e. The number of aliphatic hydroxyl groups excluding tert-OH is 1. The van der Waals surface area contributed by atoms with Crippen LogP contribution < -0.4 is 4.74 Å². The predicted octanol–water partition coefficient (Wildman–Crippen LogP) is 3.29. The van der Waals surface area contributed by atoms with Gasteiger partial charge in [-0.1, -0.05) is 48.5 Å². The van der Waals surface area contributed by atoms with Crippen LogP contribution in [-0.4, -0.2) is 36.3 Å². The van der Waals surface area contributed by atoms with Gasteiger partial charge in [0.25, 0.3) is 0 Å². The number of methoxy groups -OCH3 is 1. The summed E-state index contributed by atoms with van der Waals surface area (Å²) in [4.78, 5) is 2.20. The molecule has 0 spiro atoms. The third kappa shape index (κ3) is 5.89. The van der Waals surface area contributed by atoms with Crippen LogP contribution in [0.1, 0.15) is 11.1 Å². The molecule has 0 aliphatic heterocycles. The van der Waals surface area contributed by atoms with Crippen molar-refractivity contribution in [3.63, 3.8) is 0 Å². The second-order valence-corrected chi connectivity index (χ2v) is 5.67. The van der Waals surface area contributed by atoms with Gasteiger partial charge < -0.3 is 9.84 Å². The molecule has 1 unspecified atom stereocenters. The molecular formula is C20H25NO2. The maximum atomic E-state index is 10.4. The number of aliphatic hydroxyl groups is 1. The average Bonchev–Trinajstić information content (AvgIpc) is 2.56. The minimum absolute atomic E-state index is 0.393. The number of nitrogens with zero attached hydrogens (tertiary/aromatic N) is 1. The second-order valence-electron chi connectivity index (χ2n) is 5.67. The van der Waals surface area contributed by atoms with Crippen molar-refractivity contribution in [3.05, 3.63) is 78.4 Å². The van der Waals surface area contributed by atoms with E-state index in [4.69, 9.17) is 4.74 Å². The van der Waals surface area contributed by atoms with Crippen molar-refractivity contribution in [3.8, 4) is 5.75 Å². The van der Waals surface area contributed by atoms with Crippen molar-refractivity contribution in [1.29, 1.82) is 0 Å². The van der Waals surface area contributed by atoms with Gasteiger partial charge in [-0.25, -0.2) is 0 Å². The normalized spacial score (nSPS) is 12.1. The van der Waals surface area contributed by atoms with Gasteiger partial charge >= 0.3 is 0 Å². The third-order valence-electron chi connectivity index (χ3n) is 3.74. The number of benzene rings is 2. The Labute approximate surface area is 138 Å². The Morgan fingerprint density at radius 3 is 2.39 bits per heavy atom. The molecule has 122 valence electrons. The highest BCUT2D eigenvalue weighted by Crippen LogP contribution is 2.14. The summed E-state index contributed by atoms with van der Waals surface area (Å²) in [6.45, 7) is 5.96. The van der Waals surface area contributed by atoms with Crippen molar-refractivity contribution in [2.45, 2.75) is 19.1 Å². The summed E-state index contributed by atoms with van der Waals surface area (Å²) in [5.74, 6) is 0.855. The molecular weight excluding hydrogens is 286 g/mol. The molecule has 23 heavy (non-hydrogen) atoms. The van der Waals surface area contributed by atoms with E-state index < -0.39 is 6.10 Å². The molecule has 2 rings (SSSR count). The van der Waals surface area contributed by atoms with Crippen molar-refractivity contribution < 1.29 is 9.84 Å². The number of ether oxygens (including phenoxy) is 1. The molecule has 0 heterocycles. The summed E-state index contributed by atoms with van der Waals surface area (Å²) in [5.41, 5.74) is 2.35. The van der Waals surface area contributed by atoms with Crippen LogP contribution in [-0.2, 0) is 13.0 Å². The van der Waals surface area contributed by atoms with Crippen LogP contribution in [0.3, 0.4) is 0 Å². The van der Waals surface area contributed by atoms with Crippen LogP contribution in [0.2, 0.25) is 0 Å². The lowest BCUT2D eigenvalue weighted by Crippen LogP contribution is -2.33. The molecule has 3 nitrogen and oxygen atoms in total. The van der Waals surface area contributed by atoms with Gasteiger partial charge in [-0.2, -0.15) is 0 Å². The number of hydrogen-bond donors (Lipinski definition) is 1. The second kappa shape index (κ2) is 9.13. The highest BCUT2D eigenvalue weighted by molar-refractivity contribution is 5.27. The summed E-state index contributed by atoms with van der Waals surface area (Å²) in [5, 5.41) is 10.4. The number of hydrogen-bond acceptors (Lipinski definition) is 3. The molecule has 0 aliphatic carbocycles. The molecule has 0 saturated heterocycles. The van der Waals surface area contributed by atoms with Gasteiger partial charge in [0.2, 0.25) is 0 Å². The third-order valence-corrected chi connectivity index (χ3v) is 3.74. The van der Waals surface area contributed by atoms with Gasteiger partial charge in [-0.3, -0.25) is 4.90 Å². The van der Waals surface area contributed by atoms with Crippen molar-refractivity contribution in [1.82, 2.24) is 4.90 Å². The molecule has 0 amide bonds. The van der Waals surface area contributed by atoms with Gasteiger partial charge in [-0.05, 0) is 29.7 Å². The monoisotopic (exact) mass is 311 g/mol. The molecule has 2 aromatic rings. The van der Waals surface area contributed by atoms with Crippen molar-refractivity contribution in [2.75, 3.05) is 20.2 Å². The molecule has 0 saturated carbocycles. The molecule has 1 N–H and O–H groups in total. The Kier molecular flexibility index (Phi) is 6.85. The Balaban J connectivity index is 1.92. The molecule has 0 fully saturated rings. The average molecular weight is 311 g/mol. The molecule has 2 aromatic carbocycles. The van der Waals surface area contributed by atoms with Gasteiger partial charge in [-0.15, -0.1) is 6.58 Å². The van der Waals surface area contributed by atoms with Crippen LogP contribution >= 0.6 is 0 Å². The summed E-state index contributed by atoms with van der Waals surface area (Å²) >= 11 is 0. The lowest BCUT2D eigenvalue weighted by molar-refractivity contribution is 0.115. The van der Waals surface area contributed by atoms with Crippen molar-refractivity contribution >= 4 is 0 Å². The first-order chi connectivity index (χ1) is 11.2. The zero-order valence-electron chi connectivity index (χ0n) is 13.7. The van der Waals surface area contributed by atoms with Crippen LogP contribution in [0.25, 0.3) is 0 Å². The van der Waals surface area contributed by atoms with E-state index in [0.29, 0.717) is 13.0 Å². The lowest BCUT2D eigenvalue weighted by atomic mass is 10.1. The highest BCUT2D eigenvalue weighted by atomic mass is 16.5. The Morgan fingerprint density at radius 2 is 1.78 bits per heavy atom. The molecule has 0 bridgehead atoms. The van der Waals surface area contributed by atoms with E-state index in [1.54, 1.807) is 7.11 Å². The van der Waals surface area contributed by atoms with Gasteiger partial charge in [0.1, 0.15) is 5.75 Å². The zero-order valence-corrected chi connectivity index (χ0v) is 13.7. The topological polar surface area (TPSA) is 32.7 Å². The SMILES string of the molecule is C=CCN(Cc1ccc(OC)cc1)CC(O)Cc1ccccc1. The first-order valence-electron chi connectivity index (χ1n) is 7.89. The Bertz CT molecular complexity index is 580.